The third-order valence-electron chi connectivity index (χ3n) is 5.12. The van der Waals surface area contributed by atoms with Crippen LogP contribution in [0.15, 0.2) is 64.5 Å². The number of carbonyl (C=O) groups excluding carboxylic acids is 1. The van der Waals surface area contributed by atoms with Crippen LogP contribution < -0.4 is 5.56 Å². The first-order valence-electron chi connectivity index (χ1n) is 9.44. The van der Waals surface area contributed by atoms with Crippen molar-refractivity contribution >= 4 is 12.1 Å². The van der Waals surface area contributed by atoms with Gasteiger partial charge in [0.25, 0.3) is 5.91 Å². The smallest absolute Gasteiger partial charge is 0.320 e. The van der Waals surface area contributed by atoms with Gasteiger partial charge >= 0.3 is 5.56 Å². The van der Waals surface area contributed by atoms with E-state index in [9.17, 15) is 14.0 Å². The van der Waals surface area contributed by atoms with Gasteiger partial charge in [0.2, 0.25) is 5.69 Å². The lowest BCUT2D eigenvalue weighted by atomic mass is 9.89. The van der Waals surface area contributed by atoms with Crippen LogP contribution >= 0.6 is 0 Å². The standard InChI is InChI=1S/C21H20FN5O2/c22-18-9-5-4-8-17(18)14-23-27-21(29)19(24-25-27)20(28)26-12-10-16(11-13-26)15-6-2-1-3-7-15/h1-9,14,16,25H,10-13H2. The summed E-state index contributed by atoms with van der Waals surface area (Å²) in [5.74, 6) is -0.472. The van der Waals surface area contributed by atoms with E-state index in [-0.39, 0.29) is 11.3 Å². The van der Waals surface area contributed by atoms with Crippen LogP contribution in [0.2, 0.25) is 0 Å². The monoisotopic (exact) mass is 393 g/mol. The molecule has 0 bridgehead atoms. The van der Waals surface area contributed by atoms with Crippen LogP contribution in [0.5, 0.6) is 0 Å². The second kappa shape index (κ2) is 8.22. The van der Waals surface area contributed by atoms with Gasteiger partial charge in [0.1, 0.15) is 5.82 Å². The Morgan fingerprint density at radius 1 is 1.10 bits per heavy atom. The first kappa shape index (κ1) is 18.8. The Morgan fingerprint density at radius 2 is 1.79 bits per heavy atom. The van der Waals surface area contributed by atoms with Crippen LogP contribution in [0.3, 0.4) is 0 Å². The fraction of sp³-hybridized carbons (Fsp3) is 0.238. The summed E-state index contributed by atoms with van der Waals surface area (Å²) >= 11 is 0. The van der Waals surface area contributed by atoms with E-state index >= 15 is 0 Å². The van der Waals surface area contributed by atoms with E-state index in [1.807, 2.05) is 18.2 Å². The average molecular weight is 393 g/mol. The largest absolute Gasteiger partial charge is 0.337 e. The maximum Gasteiger partial charge on any atom is 0.320 e. The van der Waals surface area contributed by atoms with Crippen molar-refractivity contribution in [2.45, 2.75) is 18.8 Å². The van der Waals surface area contributed by atoms with Crippen molar-refractivity contribution in [3.63, 3.8) is 0 Å². The quantitative estimate of drug-likeness (QED) is 0.692. The highest BCUT2D eigenvalue weighted by Gasteiger charge is 2.28. The fourth-order valence-corrected chi connectivity index (χ4v) is 3.50. The number of halogens is 1. The Balaban J connectivity index is 1.44. The van der Waals surface area contributed by atoms with Crippen LogP contribution in [0.1, 0.15) is 40.4 Å². The summed E-state index contributed by atoms with van der Waals surface area (Å²) in [6, 6.07) is 16.3. The van der Waals surface area contributed by atoms with Crippen LogP contribution in [0.4, 0.5) is 4.39 Å². The zero-order valence-electron chi connectivity index (χ0n) is 15.7. The van der Waals surface area contributed by atoms with Gasteiger partial charge in [-0.25, -0.2) is 4.39 Å². The first-order chi connectivity index (χ1) is 14.1. The van der Waals surface area contributed by atoms with E-state index in [4.69, 9.17) is 0 Å². The molecular formula is C21H20FN5O2. The molecule has 4 rings (SSSR count). The highest BCUT2D eigenvalue weighted by molar-refractivity contribution is 5.92. The summed E-state index contributed by atoms with van der Waals surface area (Å²) < 4.78 is 13.7. The Morgan fingerprint density at radius 3 is 2.52 bits per heavy atom. The number of rotatable bonds is 4. The predicted molar refractivity (Wildman–Crippen MR) is 107 cm³/mol. The van der Waals surface area contributed by atoms with Crippen molar-refractivity contribution in [1.29, 1.82) is 0 Å². The molecule has 2 heterocycles. The average Bonchev–Trinajstić information content (AvgIpc) is 3.14. The molecule has 1 N–H and O–H groups in total. The highest BCUT2D eigenvalue weighted by atomic mass is 19.1. The number of nitrogens with one attached hydrogen (secondary N) is 1. The van der Waals surface area contributed by atoms with Gasteiger partial charge in [-0.1, -0.05) is 48.5 Å². The van der Waals surface area contributed by atoms with Gasteiger partial charge in [0, 0.05) is 18.7 Å². The van der Waals surface area contributed by atoms with Crippen molar-refractivity contribution < 1.29 is 9.18 Å². The topological polar surface area (TPSA) is 83.3 Å². The molecule has 1 aliphatic rings. The van der Waals surface area contributed by atoms with Gasteiger partial charge in [-0.2, -0.15) is 10.3 Å². The van der Waals surface area contributed by atoms with Gasteiger partial charge in [0.15, 0.2) is 0 Å². The number of hydrogen-bond donors (Lipinski definition) is 1. The Hall–Kier alpha value is -3.55. The summed E-state index contributed by atoms with van der Waals surface area (Å²) in [5.41, 5.74) is 0.621. The van der Waals surface area contributed by atoms with E-state index in [0.717, 1.165) is 17.6 Å². The normalized spacial score (nSPS) is 15.1. The number of aromatic amines is 1. The summed E-state index contributed by atoms with van der Waals surface area (Å²) in [4.78, 5) is 27.7. The van der Waals surface area contributed by atoms with Crippen LogP contribution in [-0.2, 0) is 0 Å². The molecule has 2 aromatic carbocycles. The summed E-state index contributed by atoms with van der Waals surface area (Å²) in [7, 11) is 0. The number of nitrogens with zero attached hydrogens (tertiary/aromatic N) is 4. The van der Waals surface area contributed by atoms with Crippen LogP contribution in [0.25, 0.3) is 0 Å². The minimum atomic E-state index is -0.659. The number of hydrogen-bond acceptors (Lipinski definition) is 4. The van der Waals surface area contributed by atoms with E-state index in [0.29, 0.717) is 19.0 Å². The molecular weight excluding hydrogens is 373 g/mol. The second-order valence-electron chi connectivity index (χ2n) is 6.92. The predicted octanol–water partition coefficient (Wildman–Crippen LogP) is 2.61. The van der Waals surface area contributed by atoms with Crippen LogP contribution in [-0.4, -0.2) is 45.2 Å². The Kier molecular flexibility index (Phi) is 5.33. The Labute approximate surface area is 166 Å². The van der Waals surface area contributed by atoms with Crippen LogP contribution in [0, 0.1) is 5.82 Å². The van der Waals surface area contributed by atoms with E-state index in [1.54, 1.807) is 17.0 Å². The van der Waals surface area contributed by atoms with Crippen molar-refractivity contribution in [2.75, 3.05) is 13.1 Å². The molecule has 1 amide bonds. The molecule has 7 nitrogen and oxygen atoms in total. The summed E-state index contributed by atoms with van der Waals surface area (Å²) in [6.07, 6.45) is 2.87. The third kappa shape index (κ3) is 4.01. The molecule has 1 saturated heterocycles. The molecule has 0 aliphatic carbocycles. The lowest BCUT2D eigenvalue weighted by Crippen LogP contribution is -2.40. The highest BCUT2D eigenvalue weighted by Crippen LogP contribution is 2.28. The van der Waals surface area contributed by atoms with Crippen molar-refractivity contribution in [3.8, 4) is 0 Å². The zero-order chi connectivity index (χ0) is 20.2. The molecule has 1 aromatic heterocycles. The molecule has 0 radical (unpaired) electrons. The number of likely N-dealkylation sites (tertiary alicyclic amines) is 1. The minimum absolute atomic E-state index is 0.214. The number of carbonyl (C=O) groups is 1. The van der Waals surface area contributed by atoms with Gasteiger partial charge in [-0.05, 0) is 30.4 Å². The Bertz CT molecular complexity index is 1080. The van der Waals surface area contributed by atoms with Gasteiger partial charge in [-0.15, -0.1) is 9.89 Å². The number of aromatic nitrogens is 3. The van der Waals surface area contributed by atoms with Gasteiger partial charge in [0.05, 0.1) is 6.21 Å². The molecule has 1 aliphatic heterocycles. The molecule has 29 heavy (non-hydrogen) atoms. The van der Waals surface area contributed by atoms with E-state index in [1.165, 1.54) is 23.9 Å². The molecule has 148 valence electrons. The van der Waals surface area contributed by atoms with Crippen molar-refractivity contribution in [3.05, 3.63) is 87.6 Å². The summed E-state index contributed by atoms with van der Waals surface area (Å²) in [6.45, 7) is 1.12. The van der Waals surface area contributed by atoms with Crippen molar-refractivity contribution in [2.24, 2.45) is 5.10 Å². The first-order valence-corrected chi connectivity index (χ1v) is 9.44. The number of H-pyrrole nitrogens is 1. The lowest BCUT2D eigenvalue weighted by molar-refractivity contribution is 0.0705. The minimum Gasteiger partial charge on any atom is -0.337 e. The maximum absolute atomic E-state index is 13.7. The van der Waals surface area contributed by atoms with Gasteiger partial charge < -0.3 is 4.90 Å². The lowest BCUT2D eigenvalue weighted by Gasteiger charge is -2.31. The SMILES string of the molecule is O=C(c1n[nH]n(N=Cc2ccccc2F)c1=O)N1CCC(c2ccccc2)CC1. The zero-order valence-corrected chi connectivity index (χ0v) is 15.7. The molecule has 1 fully saturated rings. The second-order valence-corrected chi connectivity index (χ2v) is 6.92. The van der Waals surface area contributed by atoms with E-state index < -0.39 is 17.3 Å². The molecule has 3 aromatic rings. The van der Waals surface area contributed by atoms with Crippen molar-refractivity contribution in [1.82, 2.24) is 20.0 Å². The van der Waals surface area contributed by atoms with E-state index in [2.05, 4.69) is 27.5 Å². The molecule has 8 heteroatoms. The third-order valence-corrected chi connectivity index (χ3v) is 5.12. The number of piperidine rings is 1. The van der Waals surface area contributed by atoms with Gasteiger partial charge in [-0.3, -0.25) is 9.59 Å². The number of benzene rings is 2. The summed E-state index contributed by atoms with van der Waals surface area (Å²) in [5, 5.41) is 10.1. The molecule has 0 unspecified atom stereocenters. The maximum atomic E-state index is 13.7. The molecule has 0 saturated carbocycles. The molecule has 0 spiro atoms. The molecule has 0 atom stereocenters. The number of amides is 1. The fourth-order valence-electron chi connectivity index (χ4n) is 3.50.